The van der Waals surface area contributed by atoms with Gasteiger partial charge in [0.05, 0.1) is 6.61 Å². The molecule has 1 saturated carbocycles. The Bertz CT molecular complexity index is 377. The zero-order chi connectivity index (χ0) is 10.3. The molecule has 2 atom stereocenters. The first-order valence-electron chi connectivity index (χ1n) is 5.69. The smallest absolute Gasteiger partial charge is 0.122 e. The van der Waals surface area contributed by atoms with Crippen LogP contribution in [0.5, 0.6) is 5.75 Å². The fourth-order valence-corrected chi connectivity index (χ4v) is 2.60. The van der Waals surface area contributed by atoms with Gasteiger partial charge in [0.15, 0.2) is 0 Å². The Kier molecular flexibility index (Phi) is 1.99. The van der Waals surface area contributed by atoms with Crippen molar-refractivity contribution in [1.82, 2.24) is 5.32 Å². The van der Waals surface area contributed by atoms with E-state index < -0.39 is 0 Å². The molecule has 0 spiro atoms. The molecule has 1 aliphatic heterocycles. The second-order valence-electron chi connectivity index (χ2n) is 4.95. The first-order valence-corrected chi connectivity index (χ1v) is 5.69. The summed E-state index contributed by atoms with van der Waals surface area (Å²) in [6.07, 6.45) is 1.35. The molecule has 80 valence electrons. The van der Waals surface area contributed by atoms with Gasteiger partial charge in [0, 0.05) is 12.0 Å². The number of fused-ring (bicyclic) bond motifs is 1. The van der Waals surface area contributed by atoms with Gasteiger partial charge in [-0.15, -0.1) is 0 Å². The average Bonchev–Trinajstić information content (AvgIpc) is 2.80. The van der Waals surface area contributed by atoms with Gasteiger partial charge in [0.2, 0.25) is 0 Å². The maximum absolute atomic E-state index is 5.93. The Labute approximate surface area is 90.6 Å². The molecule has 0 aromatic heterocycles. The molecule has 2 unspecified atom stereocenters. The predicted octanol–water partition coefficient (Wildman–Crippen LogP) is 1.98. The van der Waals surface area contributed by atoms with Crippen LogP contribution in [0.1, 0.15) is 12.0 Å². The van der Waals surface area contributed by atoms with Gasteiger partial charge in [0.1, 0.15) is 5.75 Å². The number of para-hydroxylation sites is 1. The monoisotopic (exact) mass is 203 g/mol. The summed E-state index contributed by atoms with van der Waals surface area (Å²) in [7, 11) is 0. The number of benzene rings is 1. The van der Waals surface area contributed by atoms with E-state index in [1.807, 2.05) is 6.07 Å². The molecule has 2 fully saturated rings. The highest BCUT2D eigenvalue weighted by atomic mass is 16.5. The van der Waals surface area contributed by atoms with Crippen LogP contribution >= 0.6 is 0 Å². The molecule has 0 radical (unpaired) electrons. The third-order valence-corrected chi connectivity index (χ3v) is 3.84. The SMILES string of the molecule is Cc1ccccc1OCC12CNCC1C2. The lowest BCUT2D eigenvalue weighted by molar-refractivity contribution is 0.235. The molecule has 0 bridgehead atoms. The minimum Gasteiger partial charge on any atom is -0.493 e. The Hall–Kier alpha value is -1.02. The molecule has 2 aliphatic rings. The van der Waals surface area contributed by atoms with Crippen LogP contribution in [0.2, 0.25) is 0 Å². The Morgan fingerprint density at radius 2 is 2.33 bits per heavy atom. The topological polar surface area (TPSA) is 21.3 Å². The minimum absolute atomic E-state index is 0.474. The predicted molar refractivity (Wildman–Crippen MR) is 60.1 cm³/mol. The number of ether oxygens (including phenoxy) is 1. The molecule has 3 rings (SSSR count). The summed E-state index contributed by atoms with van der Waals surface area (Å²) in [6.45, 7) is 5.32. The normalized spacial score (nSPS) is 32.5. The van der Waals surface area contributed by atoms with Crippen LogP contribution in [0.15, 0.2) is 24.3 Å². The van der Waals surface area contributed by atoms with E-state index in [9.17, 15) is 0 Å². The van der Waals surface area contributed by atoms with E-state index in [2.05, 4.69) is 30.4 Å². The van der Waals surface area contributed by atoms with E-state index in [-0.39, 0.29) is 0 Å². The molecule has 15 heavy (non-hydrogen) atoms. The Balaban J connectivity index is 1.65. The number of aryl methyl sites for hydroxylation is 1. The summed E-state index contributed by atoms with van der Waals surface area (Å²) in [4.78, 5) is 0. The lowest BCUT2D eigenvalue weighted by Crippen LogP contribution is -2.22. The first-order chi connectivity index (χ1) is 7.30. The van der Waals surface area contributed by atoms with Gasteiger partial charge in [-0.3, -0.25) is 0 Å². The van der Waals surface area contributed by atoms with Crippen LogP contribution in [0.3, 0.4) is 0 Å². The van der Waals surface area contributed by atoms with Crippen molar-refractivity contribution in [3.8, 4) is 5.75 Å². The van der Waals surface area contributed by atoms with Gasteiger partial charge in [-0.1, -0.05) is 18.2 Å². The van der Waals surface area contributed by atoms with Crippen LogP contribution in [0, 0.1) is 18.3 Å². The lowest BCUT2D eigenvalue weighted by atomic mass is 10.1. The van der Waals surface area contributed by atoms with Crippen molar-refractivity contribution in [3.05, 3.63) is 29.8 Å². The number of hydrogen-bond donors (Lipinski definition) is 1. The van der Waals surface area contributed by atoms with Crippen LogP contribution < -0.4 is 10.1 Å². The highest BCUT2D eigenvalue weighted by Crippen LogP contribution is 2.54. The van der Waals surface area contributed by atoms with Gasteiger partial charge >= 0.3 is 0 Å². The highest BCUT2D eigenvalue weighted by molar-refractivity contribution is 5.32. The van der Waals surface area contributed by atoms with Crippen LogP contribution in [0.25, 0.3) is 0 Å². The maximum atomic E-state index is 5.93. The second kappa shape index (κ2) is 3.24. The number of piperidine rings is 1. The van der Waals surface area contributed by atoms with E-state index in [4.69, 9.17) is 4.74 Å². The first kappa shape index (κ1) is 9.22. The summed E-state index contributed by atoms with van der Waals surface area (Å²) < 4.78 is 5.93. The van der Waals surface area contributed by atoms with Gasteiger partial charge < -0.3 is 10.1 Å². The molecule has 1 N–H and O–H groups in total. The summed E-state index contributed by atoms with van der Waals surface area (Å²) in [5.41, 5.74) is 1.71. The quantitative estimate of drug-likeness (QED) is 0.811. The molecule has 2 nitrogen and oxygen atoms in total. The van der Waals surface area contributed by atoms with Crippen LogP contribution in [-0.2, 0) is 0 Å². The van der Waals surface area contributed by atoms with Gasteiger partial charge in [0.25, 0.3) is 0 Å². The van der Waals surface area contributed by atoms with Gasteiger partial charge in [-0.05, 0) is 37.4 Å². The summed E-state index contributed by atoms with van der Waals surface area (Å²) >= 11 is 0. The molecule has 1 aromatic carbocycles. The summed E-state index contributed by atoms with van der Waals surface area (Å²) in [6, 6.07) is 8.25. The van der Waals surface area contributed by atoms with E-state index in [1.165, 1.54) is 18.5 Å². The zero-order valence-corrected chi connectivity index (χ0v) is 9.12. The van der Waals surface area contributed by atoms with Crippen molar-refractivity contribution >= 4 is 0 Å². The van der Waals surface area contributed by atoms with E-state index in [1.54, 1.807) is 0 Å². The van der Waals surface area contributed by atoms with Crippen molar-refractivity contribution in [2.75, 3.05) is 19.7 Å². The van der Waals surface area contributed by atoms with Gasteiger partial charge in [-0.2, -0.15) is 0 Å². The number of rotatable bonds is 3. The minimum atomic E-state index is 0.474. The molecule has 1 heterocycles. The van der Waals surface area contributed by atoms with Crippen molar-refractivity contribution in [1.29, 1.82) is 0 Å². The summed E-state index contributed by atoms with van der Waals surface area (Å²) in [5, 5.41) is 3.43. The molecular formula is C13H17NO. The third-order valence-electron chi connectivity index (χ3n) is 3.84. The Morgan fingerprint density at radius 3 is 3.00 bits per heavy atom. The standard InChI is InChI=1S/C13H17NO/c1-10-4-2-3-5-12(10)15-9-13-6-11(13)7-14-8-13/h2-5,11,14H,6-9H2,1H3. The summed E-state index contributed by atoms with van der Waals surface area (Å²) in [5.74, 6) is 1.92. The van der Waals surface area contributed by atoms with E-state index in [0.717, 1.165) is 24.8 Å². The van der Waals surface area contributed by atoms with Crippen molar-refractivity contribution in [3.63, 3.8) is 0 Å². The molecule has 0 amide bonds. The van der Waals surface area contributed by atoms with Crippen molar-refractivity contribution < 1.29 is 4.74 Å². The molecule has 2 heteroatoms. The van der Waals surface area contributed by atoms with Crippen LogP contribution in [0.4, 0.5) is 0 Å². The second-order valence-corrected chi connectivity index (χ2v) is 4.95. The van der Waals surface area contributed by atoms with Crippen LogP contribution in [-0.4, -0.2) is 19.7 Å². The molecule has 1 aliphatic carbocycles. The maximum Gasteiger partial charge on any atom is 0.122 e. The molecule has 1 saturated heterocycles. The molecule has 1 aromatic rings. The average molecular weight is 203 g/mol. The van der Waals surface area contributed by atoms with Crippen molar-refractivity contribution in [2.24, 2.45) is 11.3 Å². The van der Waals surface area contributed by atoms with E-state index in [0.29, 0.717) is 5.41 Å². The zero-order valence-electron chi connectivity index (χ0n) is 9.12. The largest absolute Gasteiger partial charge is 0.493 e. The third kappa shape index (κ3) is 1.53. The molecular weight excluding hydrogens is 186 g/mol. The lowest BCUT2D eigenvalue weighted by Gasteiger charge is -2.14. The number of hydrogen-bond acceptors (Lipinski definition) is 2. The highest BCUT2D eigenvalue weighted by Gasteiger charge is 2.57. The Morgan fingerprint density at radius 1 is 1.47 bits per heavy atom. The van der Waals surface area contributed by atoms with E-state index >= 15 is 0 Å². The fourth-order valence-electron chi connectivity index (χ4n) is 2.60. The van der Waals surface area contributed by atoms with Gasteiger partial charge in [-0.25, -0.2) is 0 Å². The fraction of sp³-hybridized carbons (Fsp3) is 0.538. The van der Waals surface area contributed by atoms with Crippen molar-refractivity contribution in [2.45, 2.75) is 13.3 Å². The number of nitrogens with one attached hydrogen (secondary N) is 1.